The summed E-state index contributed by atoms with van der Waals surface area (Å²) in [6.45, 7) is 8.51. The van der Waals surface area contributed by atoms with Crippen LogP contribution in [0.25, 0.3) is 0 Å². The summed E-state index contributed by atoms with van der Waals surface area (Å²) in [7, 11) is 3.54. The van der Waals surface area contributed by atoms with Crippen LogP contribution in [-0.4, -0.2) is 53.8 Å². The Kier molecular flexibility index (Phi) is 8.19. The number of likely N-dealkylation sites (N-methyl/N-ethyl adjacent to an activating group) is 2. The minimum absolute atomic E-state index is 0.0383. The van der Waals surface area contributed by atoms with Crippen LogP contribution >= 0.6 is 22.9 Å². The van der Waals surface area contributed by atoms with Crippen LogP contribution in [0.4, 0.5) is 5.69 Å². The van der Waals surface area contributed by atoms with Gasteiger partial charge in [0.15, 0.2) is 0 Å². The molecule has 0 saturated heterocycles. The quantitative estimate of drug-likeness (QED) is 0.669. The van der Waals surface area contributed by atoms with Crippen molar-refractivity contribution in [1.82, 2.24) is 14.8 Å². The van der Waals surface area contributed by atoms with Crippen molar-refractivity contribution >= 4 is 40.4 Å². The molecule has 0 bridgehead atoms. The summed E-state index contributed by atoms with van der Waals surface area (Å²) in [4.78, 5) is 34.1. The molecule has 0 aliphatic rings. The third kappa shape index (κ3) is 6.26. The van der Waals surface area contributed by atoms with Gasteiger partial charge < -0.3 is 10.2 Å². The lowest BCUT2D eigenvalue weighted by atomic mass is 10.2. The van der Waals surface area contributed by atoms with E-state index in [1.54, 1.807) is 42.6 Å². The van der Waals surface area contributed by atoms with Gasteiger partial charge in [-0.25, -0.2) is 4.98 Å². The van der Waals surface area contributed by atoms with Crippen molar-refractivity contribution < 1.29 is 9.59 Å². The predicted octanol–water partition coefficient (Wildman–Crippen LogP) is 4.32. The molecule has 0 aliphatic heterocycles. The van der Waals surface area contributed by atoms with E-state index in [9.17, 15) is 9.59 Å². The lowest BCUT2D eigenvalue weighted by Gasteiger charge is -2.26. The molecule has 6 nitrogen and oxygen atoms in total. The fourth-order valence-corrected chi connectivity index (χ4v) is 4.16. The molecule has 1 unspecified atom stereocenters. The number of nitrogens with one attached hydrogen (secondary N) is 1. The average Bonchev–Trinajstić information content (AvgIpc) is 3.04. The molecule has 2 amide bonds. The van der Waals surface area contributed by atoms with Crippen molar-refractivity contribution in [2.24, 2.45) is 0 Å². The summed E-state index contributed by atoms with van der Waals surface area (Å²) in [5.41, 5.74) is 1.55. The zero-order chi connectivity index (χ0) is 21.7. The Balaban J connectivity index is 1.92. The molecule has 8 heteroatoms. The summed E-state index contributed by atoms with van der Waals surface area (Å²) in [5.74, 6) is -0.0289. The van der Waals surface area contributed by atoms with Crippen LogP contribution in [0.15, 0.2) is 24.3 Å². The maximum Gasteiger partial charge on any atom is 0.244 e. The van der Waals surface area contributed by atoms with E-state index in [4.69, 9.17) is 11.6 Å². The number of aromatic nitrogens is 1. The number of carbonyl (C=O) groups is 2. The Bertz CT molecular complexity index is 868. The number of aryl methyl sites for hydroxylation is 1. The largest absolute Gasteiger partial charge is 0.335 e. The number of carbonyl (C=O) groups excluding carboxylic acids is 2. The summed E-state index contributed by atoms with van der Waals surface area (Å²) in [6.07, 6.45) is 0. The summed E-state index contributed by atoms with van der Waals surface area (Å²) in [6, 6.07) is 7.07. The van der Waals surface area contributed by atoms with E-state index in [0.717, 1.165) is 10.7 Å². The van der Waals surface area contributed by atoms with Gasteiger partial charge in [0.25, 0.3) is 0 Å². The van der Waals surface area contributed by atoms with Gasteiger partial charge in [0, 0.05) is 23.9 Å². The van der Waals surface area contributed by atoms with Gasteiger partial charge in [0.05, 0.1) is 34.5 Å². The van der Waals surface area contributed by atoms with Crippen LogP contribution in [-0.2, 0) is 9.59 Å². The monoisotopic (exact) mass is 436 g/mol. The van der Waals surface area contributed by atoms with Gasteiger partial charge in [-0.2, -0.15) is 0 Å². The van der Waals surface area contributed by atoms with Crippen molar-refractivity contribution in [2.75, 3.05) is 32.5 Å². The number of amides is 2. The molecular weight excluding hydrogens is 408 g/mol. The van der Waals surface area contributed by atoms with Gasteiger partial charge in [0.2, 0.25) is 11.8 Å². The third-order valence-corrected chi connectivity index (χ3v) is 6.68. The highest BCUT2D eigenvalue weighted by molar-refractivity contribution is 7.11. The molecule has 1 heterocycles. The molecule has 2 rings (SSSR count). The molecule has 0 saturated carbocycles. The Morgan fingerprint density at radius 2 is 1.83 bits per heavy atom. The lowest BCUT2D eigenvalue weighted by molar-refractivity contribution is -0.134. The molecule has 0 aliphatic carbocycles. The van der Waals surface area contributed by atoms with E-state index in [1.165, 1.54) is 9.78 Å². The van der Waals surface area contributed by atoms with Gasteiger partial charge in [-0.05, 0) is 33.0 Å². The zero-order valence-corrected chi connectivity index (χ0v) is 19.4. The number of anilines is 1. The van der Waals surface area contributed by atoms with Gasteiger partial charge in [0.1, 0.15) is 0 Å². The highest BCUT2D eigenvalue weighted by Gasteiger charge is 2.23. The maximum absolute atomic E-state index is 12.6. The summed E-state index contributed by atoms with van der Waals surface area (Å²) >= 11 is 7.76. The number of nitrogens with zero attached hydrogens (tertiary/aromatic N) is 3. The van der Waals surface area contributed by atoms with E-state index < -0.39 is 0 Å². The maximum atomic E-state index is 12.6. The van der Waals surface area contributed by atoms with Crippen molar-refractivity contribution in [3.63, 3.8) is 0 Å². The molecule has 29 heavy (non-hydrogen) atoms. The normalized spacial score (nSPS) is 12.3. The van der Waals surface area contributed by atoms with Gasteiger partial charge in [-0.15, -0.1) is 11.3 Å². The molecule has 0 fully saturated rings. The first-order chi connectivity index (χ1) is 13.6. The Morgan fingerprint density at radius 3 is 2.41 bits per heavy atom. The van der Waals surface area contributed by atoms with E-state index in [-0.39, 0.29) is 30.9 Å². The van der Waals surface area contributed by atoms with Crippen LogP contribution in [0.2, 0.25) is 5.02 Å². The third-order valence-electron chi connectivity index (χ3n) is 4.72. The highest BCUT2D eigenvalue weighted by atomic mass is 35.5. The number of thiazole rings is 1. The van der Waals surface area contributed by atoms with Crippen molar-refractivity contribution in [2.45, 2.75) is 39.7 Å². The topological polar surface area (TPSA) is 65.5 Å². The Morgan fingerprint density at radius 1 is 1.17 bits per heavy atom. The molecule has 0 radical (unpaired) electrons. The van der Waals surface area contributed by atoms with Crippen molar-refractivity contribution in [3.05, 3.63) is 44.9 Å². The van der Waals surface area contributed by atoms with E-state index in [0.29, 0.717) is 16.6 Å². The van der Waals surface area contributed by atoms with Crippen LogP contribution in [0.3, 0.4) is 0 Å². The molecule has 1 aromatic heterocycles. The van der Waals surface area contributed by atoms with Crippen molar-refractivity contribution in [3.8, 4) is 0 Å². The van der Waals surface area contributed by atoms with Gasteiger partial charge in [-0.3, -0.25) is 14.5 Å². The minimum Gasteiger partial charge on any atom is -0.335 e. The summed E-state index contributed by atoms with van der Waals surface area (Å²) in [5, 5.41) is 4.30. The van der Waals surface area contributed by atoms with Crippen LogP contribution in [0.5, 0.6) is 0 Å². The summed E-state index contributed by atoms with van der Waals surface area (Å²) < 4.78 is 0. The fourth-order valence-electron chi connectivity index (χ4n) is 2.79. The Hall–Kier alpha value is -1.96. The first-order valence-electron chi connectivity index (χ1n) is 9.56. The number of benzene rings is 1. The minimum atomic E-state index is -0.287. The zero-order valence-electron chi connectivity index (χ0n) is 17.8. The fraction of sp³-hybridized carbons (Fsp3) is 0.476. The molecule has 1 N–H and O–H groups in total. The number of rotatable bonds is 8. The van der Waals surface area contributed by atoms with E-state index in [2.05, 4.69) is 31.1 Å². The molecular formula is C21H29ClN4O2S. The highest BCUT2D eigenvalue weighted by Crippen LogP contribution is 2.31. The molecule has 1 atom stereocenters. The Labute approximate surface area is 181 Å². The SMILES string of the molecule is Cc1nc(C(C)C)sc1C(C)N(C)CC(=O)N(C)CC(=O)Nc1ccccc1Cl. The number of halogens is 1. The average molecular weight is 437 g/mol. The van der Waals surface area contributed by atoms with Gasteiger partial charge in [-0.1, -0.05) is 37.6 Å². The molecule has 1 aromatic carbocycles. The molecule has 0 spiro atoms. The second-order valence-corrected chi connectivity index (χ2v) is 8.99. The second-order valence-electron chi connectivity index (χ2n) is 7.53. The van der Waals surface area contributed by atoms with Gasteiger partial charge >= 0.3 is 0 Å². The second kappa shape index (κ2) is 10.2. The number of hydrogen-bond acceptors (Lipinski definition) is 5. The lowest BCUT2D eigenvalue weighted by Crippen LogP contribution is -2.41. The van der Waals surface area contributed by atoms with Crippen LogP contribution in [0, 0.1) is 6.92 Å². The van der Waals surface area contributed by atoms with Crippen LogP contribution in [0.1, 0.15) is 48.3 Å². The predicted molar refractivity (Wildman–Crippen MR) is 120 cm³/mol. The van der Waals surface area contributed by atoms with E-state index in [1.807, 2.05) is 18.9 Å². The van der Waals surface area contributed by atoms with Crippen molar-refractivity contribution in [1.29, 1.82) is 0 Å². The van der Waals surface area contributed by atoms with E-state index >= 15 is 0 Å². The number of para-hydroxylation sites is 1. The smallest absolute Gasteiger partial charge is 0.244 e. The standard InChI is InChI=1S/C21H29ClN4O2S/c1-13(2)21-23-14(3)20(29-21)15(4)25(5)12-19(28)26(6)11-18(27)24-17-10-8-7-9-16(17)22/h7-10,13,15H,11-12H2,1-6H3,(H,24,27). The number of hydrogen-bond donors (Lipinski definition) is 1. The van der Waals surface area contributed by atoms with Crippen LogP contribution < -0.4 is 5.32 Å². The first-order valence-corrected chi connectivity index (χ1v) is 10.7. The first kappa shape index (κ1) is 23.3. The molecule has 158 valence electrons. The molecule has 2 aromatic rings.